The topological polar surface area (TPSA) is 17.1 Å². The Morgan fingerprint density at radius 3 is 2.36 bits per heavy atom. The average Bonchev–Trinajstić information content (AvgIpc) is 1.98. The van der Waals surface area contributed by atoms with Crippen molar-refractivity contribution < 1.29 is 4.79 Å². The average molecular weight is 217 g/mol. The zero-order chi connectivity index (χ0) is 8.10. The second-order valence-corrected chi connectivity index (χ2v) is 3.92. The summed E-state index contributed by atoms with van der Waals surface area (Å²) < 4.78 is 1.13. The van der Waals surface area contributed by atoms with Gasteiger partial charge in [0.1, 0.15) is 6.29 Å². The molecule has 62 valence electrons. The third-order valence-electron chi connectivity index (χ3n) is 2.08. The van der Waals surface area contributed by atoms with E-state index in [9.17, 15) is 4.79 Å². The van der Waals surface area contributed by atoms with Gasteiger partial charge in [-0.3, -0.25) is 4.79 Å². The number of hydrogen-bond acceptors (Lipinski definition) is 1. The minimum atomic E-state index is 0.962. The van der Waals surface area contributed by atoms with Crippen molar-refractivity contribution in [2.75, 3.05) is 0 Å². The zero-order valence-corrected chi connectivity index (χ0v) is 8.19. The van der Waals surface area contributed by atoms with Crippen LogP contribution in [0.4, 0.5) is 0 Å². The number of allylic oxidation sites excluding steroid dienone is 2. The predicted molar refractivity (Wildman–Crippen MR) is 49.7 cm³/mol. The van der Waals surface area contributed by atoms with Crippen LogP contribution in [-0.2, 0) is 4.79 Å². The standard InChI is InChI=1S/C9H13BrO/c10-9-6-4-2-1-3-5-8(9)7-11/h7H,1-6H2. The Hall–Kier alpha value is -0.110. The maximum atomic E-state index is 10.5. The van der Waals surface area contributed by atoms with E-state index in [4.69, 9.17) is 0 Å². The lowest BCUT2D eigenvalue weighted by Crippen LogP contribution is -1.94. The molecule has 0 heterocycles. The molecule has 1 rings (SSSR count). The molecular formula is C9H13BrO. The van der Waals surface area contributed by atoms with E-state index in [1.165, 1.54) is 25.7 Å². The third kappa shape index (κ3) is 2.78. The number of carbonyl (C=O) groups is 1. The minimum Gasteiger partial charge on any atom is -0.298 e. The molecule has 0 amide bonds. The predicted octanol–water partition coefficient (Wildman–Crippen LogP) is 3.19. The first-order valence-electron chi connectivity index (χ1n) is 4.17. The van der Waals surface area contributed by atoms with Crippen LogP contribution in [-0.4, -0.2) is 6.29 Å². The Morgan fingerprint density at radius 1 is 1.09 bits per heavy atom. The van der Waals surface area contributed by atoms with Crippen molar-refractivity contribution in [1.82, 2.24) is 0 Å². The zero-order valence-electron chi connectivity index (χ0n) is 6.61. The van der Waals surface area contributed by atoms with Gasteiger partial charge in [0.25, 0.3) is 0 Å². The molecule has 0 spiro atoms. The van der Waals surface area contributed by atoms with Crippen molar-refractivity contribution >= 4 is 22.2 Å². The lowest BCUT2D eigenvalue weighted by atomic mass is 10.0. The molecule has 0 bridgehead atoms. The maximum absolute atomic E-state index is 10.5. The van der Waals surface area contributed by atoms with Gasteiger partial charge in [-0.1, -0.05) is 28.8 Å². The van der Waals surface area contributed by atoms with Gasteiger partial charge in [-0.25, -0.2) is 0 Å². The molecule has 0 N–H and O–H groups in total. The molecule has 0 aromatic heterocycles. The van der Waals surface area contributed by atoms with Gasteiger partial charge in [0.15, 0.2) is 0 Å². The Morgan fingerprint density at radius 2 is 1.73 bits per heavy atom. The molecule has 0 saturated carbocycles. The highest BCUT2D eigenvalue weighted by Crippen LogP contribution is 2.25. The van der Waals surface area contributed by atoms with E-state index in [2.05, 4.69) is 15.9 Å². The van der Waals surface area contributed by atoms with Crippen LogP contribution in [0.1, 0.15) is 38.5 Å². The molecule has 2 heteroatoms. The van der Waals surface area contributed by atoms with Crippen LogP contribution in [0.25, 0.3) is 0 Å². The van der Waals surface area contributed by atoms with E-state index in [-0.39, 0.29) is 0 Å². The molecule has 0 saturated heterocycles. The summed E-state index contributed by atoms with van der Waals surface area (Å²) in [7, 11) is 0. The van der Waals surface area contributed by atoms with E-state index in [0.717, 1.165) is 29.2 Å². The van der Waals surface area contributed by atoms with Crippen LogP contribution in [0.2, 0.25) is 0 Å². The number of halogens is 1. The molecule has 0 aromatic rings. The van der Waals surface area contributed by atoms with E-state index < -0.39 is 0 Å². The SMILES string of the molecule is O=CC1=C(Br)CCCCCC1. The molecule has 1 aliphatic carbocycles. The first-order chi connectivity index (χ1) is 5.34. The summed E-state index contributed by atoms with van der Waals surface area (Å²) in [6.45, 7) is 0. The molecule has 0 fully saturated rings. The second-order valence-electron chi connectivity index (χ2n) is 2.96. The van der Waals surface area contributed by atoms with E-state index in [1.807, 2.05) is 0 Å². The van der Waals surface area contributed by atoms with Gasteiger partial charge in [0.2, 0.25) is 0 Å². The largest absolute Gasteiger partial charge is 0.298 e. The van der Waals surface area contributed by atoms with Crippen LogP contribution >= 0.6 is 15.9 Å². The molecule has 0 radical (unpaired) electrons. The molecule has 0 aliphatic heterocycles. The van der Waals surface area contributed by atoms with Gasteiger partial charge in [0, 0.05) is 10.1 Å². The summed E-state index contributed by atoms with van der Waals surface area (Å²) in [6.07, 6.45) is 7.98. The van der Waals surface area contributed by atoms with Gasteiger partial charge >= 0.3 is 0 Å². The smallest absolute Gasteiger partial charge is 0.146 e. The minimum absolute atomic E-state index is 0.962. The van der Waals surface area contributed by atoms with Crippen LogP contribution in [0.15, 0.2) is 10.1 Å². The second kappa shape index (κ2) is 4.70. The Kier molecular flexibility index (Phi) is 3.84. The molecule has 11 heavy (non-hydrogen) atoms. The maximum Gasteiger partial charge on any atom is 0.146 e. The highest BCUT2D eigenvalue weighted by atomic mass is 79.9. The summed E-state index contributed by atoms with van der Waals surface area (Å²) in [6, 6.07) is 0. The van der Waals surface area contributed by atoms with Gasteiger partial charge in [-0.15, -0.1) is 0 Å². The molecule has 0 atom stereocenters. The third-order valence-corrected chi connectivity index (χ3v) is 2.99. The molecule has 1 aliphatic rings. The summed E-state index contributed by atoms with van der Waals surface area (Å²) in [5, 5.41) is 0. The molecule has 0 aromatic carbocycles. The highest BCUT2D eigenvalue weighted by molar-refractivity contribution is 9.11. The van der Waals surface area contributed by atoms with Crippen LogP contribution in [0, 0.1) is 0 Å². The Balaban J connectivity index is 2.63. The lowest BCUT2D eigenvalue weighted by Gasteiger charge is -2.09. The Bertz CT molecular complexity index is 172. The fourth-order valence-electron chi connectivity index (χ4n) is 1.37. The number of hydrogen-bond donors (Lipinski definition) is 0. The van der Waals surface area contributed by atoms with E-state index in [0.29, 0.717) is 0 Å². The van der Waals surface area contributed by atoms with Crippen molar-refractivity contribution in [3.8, 4) is 0 Å². The highest BCUT2D eigenvalue weighted by Gasteiger charge is 2.06. The molecule has 0 unspecified atom stereocenters. The van der Waals surface area contributed by atoms with Crippen molar-refractivity contribution in [2.24, 2.45) is 0 Å². The van der Waals surface area contributed by atoms with E-state index in [1.54, 1.807) is 0 Å². The molecular weight excluding hydrogens is 204 g/mol. The van der Waals surface area contributed by atoms with Crippen molar-refractivity contribution in [3.63, 3.8) is 0 Å². The van der Waals surface area contributed by atoms with Crippen molar-refractivity contribution in [3.05, 3.63) is 10.1 Å². The first kappa shape index (κ1) is 8.98. The van der Waals surface area contributed by atoms with Gasteiger partial charge in [-0.2, -0.15) is 0 Å². The van der Waals surface area contributed by atoms with Crippen LogP contribution in [0.5, 0.6) is 0 Å². The van der Waals surface area contributed by atoms with Crippen molar-refractivity contribution in [2.45, 2.75) is 38.5 Å². The summed E-state index contributed by atoms with van der Waals surface area (Å²) in [4.78, 5) is 10.5. The van der Waals surface area contributed by atoms with Crippen LogP contribution in [0.3, 0.4) is 0 Å². The van der Waals surface area contributed by atoms with Crippen molar-refractivity contribution in [1.29, 1.82) is 0 Å². The normalized spacial score (nSPS) is 20.8. The number of aldehydes is 1. The summed E-state index contributed by atoms with van der Waals surface area (Å²) in [5.41, 5.74) is 0.977. The quantitative estimate of drug-likeness (QED) is 0.616. The summed E-state index contributed by atoms with van der Waals surface area (Å²) in [5.74, 6) is 0. The lowest BCUT2D eigenvalue weighted by molar-refractivity contribution is -0.105. The van der Waals surface area contributed by atoms with Gasteiger partial charge in [0.05, 0.1) is 0 Å². The van der Waals surface area contributed by atoms with Gasteiger partial charge in [-0.05, 0) is 25.7 Å². The number of rotatable bonds is 1. The number of carbonyl (C=O) groups excluding carboxylic acids is 1. The van der Waals surface area contributed by atoms with Gasteiger partial charge < -0.3 is 0 Å². The summed E-state index contributed by atoms with van der Waals surface area (Å²) >= 11 is 3.45. The monoisotopic (exact) mass is 216 g/mol. The Labute approximate surface area is 76.0 Å². The van der Waals surface area contributed by atoms with E-state index >= 15 is 0 Å². The first-order valence-corrected chi connectivity index (χ1v) is 4.96. The fraction of sp³-hybridized carbons (Fsp3) is 0.667. The fourth-order valence-corrected chi connectivity index (χ4v) is 1.94. The van der Waals surface area contributed by atoms with Crippen LogP contribution < -0.4 is 0 Å². The molecule has 1 nitrogen and oxygen atoms in total.